The number of halogens is 3. The Morgan fingerprint density at radius 1 is 1.00 bits per heavy atom. The van der Waals surface area contributed by atoms with E-state index in [-0.39, 0.29) is 5.56 Å². The van der Waals surface area contributed by atoms with Gasteiger partial charge >= 0.3 is 6.18 Å². The molecule has 0 saturated heterocycles. The quantitative estimate of drug-likeness (QED) is 0.632. The van der Waals surface area contributed by atoms with Crippen LogP contribution in [0.3, 0.4) is 0 Å². The van der Waals surface area contributed by atoms with E-state index in [9.17, 15) is 13.2 Å². The summed E-state index contributed by atoms with van der Waals surface area (Å²) < 4.78 is 35.8. The van der Waals surface area contributed by atoms with E-state index >= 15 is 0 Å². The Morgan fingerprint density at radius 2 is 1.46 bits per heavy atom. The SMILES string of the molecule is Cc1cc(C)cc([CH]C(F)(F)F)c1. The van der Waals surface area contributed by atoms with Crippen molar-refractivity contribution in [3.05, 3.63) is 41.3 Å². The van der Waals surface area contributed by atoms with Gasteiger partial charge in [-0.3, -0.25) is 0 Å². The van der Waals surface area contributed by atoms with Crippen LogP contribution in [0, 0.1) is 20.3 Å². The van der Waals surface area contributed by atoms with E-state index in [0.717, 1.165) is 11.1 Å². The van der Waals surface area contributed by atoms with E-state index in [2.05, 4.69) is 0 Å². The zero-order valence-electron chi connectivity index (χ0n) is 7.44. The summed E-state index contributed by atoms with van der Waals surface area (Å²) in [6.07, 6.45) is -3.92. The van der Waals surface area contributed by atoms with Crippen LogP contribution in [0.1, 0.15) is 16.7 Å². The van der Waals surface area contributed by atoms with Crippen molar-refractivity contribution >= 4 is 0 Å². The van der Waals surface area contributed by atoms with Gasteiger partial charge < -0.3 is 0 Å². The molecule has 1 rings (SSSR count). The smallest absolute Gasteiger partial charge is 0.170 e. The van der Waals surface area contributed by atoms with Gasteiger partial charge in [0.2, 0.25) is 0 Å². The van der Waals surface area contributed by atoms with Crippen LogP contribution in [-0.2, 0) is 0 Å². The second-order valence-electron chi connectivity index (χ2n) is 3.11. The first-order valence-electron chi connectivity index (χ1n) is 3.88. The Labute approximate surface area is 75.4 Å². The molecule has 0 N–H and O–H groups in total. The predicted octanol–water partition coefficient (Wildman–Crippen LogP) is 3.42. The second kappa shape index (κ2) is 3.40. The summed E-state index contributed by atoms with van der Waals surface area (Å²) >= 11 is 0. The highest BCUT2D eigenvalue weighted by molar-refractivity contribution is 5.33. The van der Waals surface area contributed by atoms with Crippen molar-refractivity contribution in [3.8, 4) is 0 Å². The first-order chi connectivity index (χ1) is 5.87. The molecule has 0 aromatic heterocycles. The molecule has 0 heterocycles. The van der Waals surface area contributed by atoms with Gasteiger partial charge in [-0.1, -0.05) is 29.3 Å². The Bertz CT molecular complexity index is 279. The van der Waals surface area contributed by atoms with E-state index in [4.69, 9.17) is 0 Å². The van der Waals surface area contributed by atoms with Crippen molar-refractivity contribution in [1.29, 1.82) is 0 Å². The lowest BCUT2D eigenvalue weighted by atomic mass is 10.1. The van der Waals surface area contributed by atoms with Gasteiger partial charge in [0.1, 0.15) is 0 Å². The summed E-state index contributed by atoms with van der Waals surface area (Å²) in [6, 6.07) is 4.87. The van der Waals surface area contributed by atoms with Crippen LogP contribution in [0.4, 0.5) is 13.2 Å². The summed E-state index contributed by atoms with van der Waals surface area (Å²) in [6.45, 7) is 3.56. The van der Waals surface area contributed by atoms with Crippen LogP contribution in [0.2, 0.25) is 0 Å². The van der Waals surface area contributed by atoms with Crippen LogP contribution in [0.25, 0.3) is 0 Å². The van der Waals surface area contributed by atoms with Crippen molar-refractivity contribution in [2.75, 3.05) is 0 Å². The molecular formula is C10H10F3. The first kappa shape index (κ1) is 10.1. The molecule has 0 atom stereocenters. The van der Waals surface area contributed by atoms with Crippen molar-refractivity contribution in [3.63, 3.8) is 0 Å². The largest absolute Gasteiger partial charge is 0.396 e. The molecule has 0 unspecified atom stereocenters. The zero-order chi connectivity index (χ0) is 10.1. The standard InChI is InChI=1S/C10H10F3/c1-7-3-8(2)5-9(4-7)6-10(11,12)13/h3-6H,1-2H3. The fourth-order valence-corrected chi connectivity index (χ4v) is 1.28. The van der Waals surface area contributed by atoms with Crippen LogP contribution in [0.5, 0.6) is 0 Å². The van der Waals surface area contributed by atoms with Gasteiger partial charge in [-0.2, -0.15) is 13.2 Å². The van der Waals surface area contributed by atoms with E-state index < -0.39 is 6.18 Å². The highest BCUT2D eigenvalue weighted by atomic mass is 19.4. The Morgan fingerprint density at radius 3 is 1.85 bits per heavy atom. The number of alkyl halides is 3. The fourth-order valence-electron chi connectivity index (χ4n) is 1.28. The van der Waals surface area contributed by atoms with Crippen LogP contribution >= 0.6 is 0 Å². The summed E-state index contributed by atoms with van der Waals surface area (Å²) in [7, 11) is 0. The second-order valence-corrected chi connectivity index (χ2v) is 3.11. The number of aryl methyl sites for hydroxylation is 2. The van der Waals surface area contributed by atoms with Crippen molar-refractivity contribution in [1.82, 2.24) is 0 Å². The van der Waals surface area contributed by atoms with Gasteiger partial charge in [-0.05, 0) is 19.4 Å². The molecule has 0 aliphatic heterocycles. The van der Waals surface area contributed by atoms with E-state index in [1.807, 2.05) is 6.07 Å². The van der Waals surface area contributed by atoms with Crippen molar-refractivity contribution in [2.24, 2.45) is 0 Å². The van der Waals surface area contributed by atoms with Crippen molar-refractivity contribution < 1.29 is 13.2 Å². The zero-order valence-corrected chi connectivity index (χ0v) is 7.44. The number of rotatable bonds is 1. The molecule has 3 heteroatoms. The minimum Gasteiger partial charge on any atom is -0.170 e. The number of benzene rings is 1. The first-order valence-corrected chi connectivity index (χ1v) is 3.88. The Hall–Kier alpha value is -0.990. The minimum atomic E-state index is -4.24. The molecule has 71 valence electrons. The summed E-state index contributed by atoms with van der Waals surface area (Å²) in [5, 5.41) is 0. The normalized spacial score (nSPS) is 11.8. The fraction of sp³-hybridized carbons (Fsp3) is 0.300. The van der Waals surface area contributed by atoms with Gasteiger partial charge in [-0.25, -0.2) is 0 Å². The Balaban J connectivity index is 2.90. The molecule has 13 heavy (non-hydrogen) atoms. The molecule has 1 aromatic rings. The summed E-state index contributed by atoms with van der Waals surface area (Å²) in [5.41, 5.74) is 1.90. The molecule has 0 saturated carbocycles. The minimum absolute atomic E-state index is 0.213. The molecule has 0 fully saturated rings. The maximum atomic E-state index is 11.9. The number of hydrogen-bond acceptors (Lipinski definition) is 0. The molecule has 0 aliphatic carbocycles. The topological polar surface area (TPSA) is 0 Å². The molecule has 0 bridgehead atoms. The maximum Gasteiger partial charge on any atom is 0.396 e. The summed E-state index contributed by atoms with van der Waals surface area (Å²) in [4.78, 5) is 0. The average Bonchev–Trinajstić information content (AvgIpc) is 1.78. The number of hydrogen-bond donors (Lipinski definition) is 0. The molecule has 0 spiro atoms. The van der Waals surface area contributed by atoms with Gasteiger partial charge in [-0.15, -0.1) is 0 Å². The van der Waals surface area contributed by atoms with E-state index in [0.29, 0.717) is 6.42 Å². The summed E-state index contributed by atoms with van der Waals surface area (Å²) in [5.74, 6) is 0. The van der Waals surface area contributed by atoms with Gasteiger partial charge in [0, 0.05) is 0 Å². The lowest BCUT2D eigenvalue weighted by Crippen LogP contribution is -2.08. The van der Waals surface area contributed by atoms with E-state index in [1.165, 1.54) is 12.1 Å². The van der Waals surface area contributed by atoms with Crippen LogP contribution in [0.15, 0.2) is 18.2 Å². The molecule has 0 aliphatic rings. The van der Waals surface area contributed by atoms with Gasteiger partial charge in [0.15, 0.2) is 0 Å². The van der Waals surface area contributed by atoms with Crippen LogP contribution in [-0.4, -0.2) is 6.18 Å². The molecule has 0 amide bonds. The highest BCUT2D eigenvalue weighted by Gasteiger charge is 2.28. The molecule has 1 radical (unpaired) electrons. The van der Waals surface area contributed by atoms with Crippen LogP contribution < -0.4 is 0 Å². The molecular weight excluding hydrogens is 177 g/mol. The lowest BCUT2D eigenvalue weighted by Gasteiger charge is -2.07. The molecule has 0 nitrogen and oxygen atoms in total. The maximum absolute atomic E-state index is 11.9. The average molecular weight is 187 g/mol. The predicted molar refractivity (Wildman–Crippen MR) is 45.4 cm³/mol. The third kappa shape index (κ3) is 3.49. The van der Waals surface area contributed by atoms with E-state index in [1.54, 1.807) is 13.8 Å². The van der Waals surface area contributed by atoms with Gasteiger partial charge in [0.05, 0.1) is 6.42 Å². The van der Waals surface area contributed by atoms with Crippen molar-refractivity contribution in [2.45, 2.75) is 20.0 Å². The third-order valence-corrected chi connectivity index (χ3v) is 1.57. The van der Waals surface area contributed by atoms with Gasteiger partial charge in [0.25, 0.3) is 0 Å². The Kier molecular flexibility index (Phi) is 2.64. The molecule has 1 aromatic carbocycles. The monoisotopic (exact) mass is 187 g/mol. The lowest BCUT2D eigenvalue weighted by molar-refractivity contribution is -0.0927. The third-order valence-electron chi connectivity index (χ3n) is 1.57. The highest BCUT2D eigenvalue weighted by Crippen LogP contribution is 2.24.